The van der Waals surface area contributed by atoms with E-state index in [0.717, 1.165) is 24.2 Å². The van der Waals surface area contributed by atoms with Crippen molar-refractivity contribution in [3.8, 4) is 5.75 Å². The smallest absolute Gasteiger partial charge is 0.283 e. The van der Waals surface area contributed by atoms with Crippen LogP contribution in [0, 0.1) is 0 Å². The van der Waals surface area contributed by atoms with E-state index in [-0.39, 0.29) is 11.6 Å². The molecule has 0 unspecified atom stereocenters. The van der Waals surface area contributed by atoms with E-state index < -0.39 is 5.91 Å². The molecule has 0 aliphatic carbocycles. The molecule has 3 aromatic carbocycles. The number of carbonyl (C=O) groups is 2. The molecule has 0 saturated heterocycles. The summed E-state index contributed by atoms with van der Waals surface area (Å²) >= 11 is 7.26. The van der Waals surface area contributed by atoms with Crippen molar-refractivity contribution in [3.05, 3.63) is 94.0 Å². The molecule has 2 amide bonds. The van der Waals surface area contributed by atoms with Crippen molar-refractivity contribution in [3.63, 3.8) is 0 Å². The largest absolute Gasteiger partial charge is 0.497 e. The number of rotatable bonds is 9. The highest BCUT2D eigenvalue weighted by molar-refractivity contribution is 8.04. The van der Waals surface area contributed by atoms with E-state index in [0.29, 0.717) is 27.1 Å². The first-order valence-corrected chi connectivity index (χ1v) is 12.3. The van der Waals surface area contributed by atoms with Crippen LogP contribution in [0.1, 0.15) is 25.3 Å². The maximum atomic E-state index is 13.5. The van der Waals surface area contributed by atoms with Crippen LogP contribution in [0.3, 0.4) is 0 Å². The molecule has 0 spiro atoms. The number of methoxy groups -OCH3 is 1. The molecule has 0 aromatic heterocycles. The standard InChI is InChI=1S/C27H25ClN2O3S/c1-3-4-5-18-6-12-21(13-7-18)30-26(31)24(29-20-10-14-22(33-2)15-11-20)25(27(30)32)34-23-16-8-19(28)9-17-23/h6-17,29H,3-5H2,1-2H3. The zero-order valence-electron chi connectivity index (χ0n) is 19.0. The van der Waals surface area contributed by atoms with Gasteiger partial charge >= 0.3 is 0 Å². The Hall–Kier alpha value is -3.22. The Bertz CT molecular complexity index is 1210. The molecular formula is C27H25ClN2O3S. The summed E-state index contributed by atoms with van der Waals surface area (Å²) in [6.45, 7) is 2.15. The first-order chi connectivity index (χ1) is 16.5. The average Bonchev–Trinajstić information content (AvgIpc) is 3.08. The second-order valence-electron chi connectivity index (χ2n) is 7.83. The average molecular weight is 493 g/mol. The minimum absolute atomic E-state index is 0.241. The fraction of sp³-hybridized carbons (Fsp3) is 0.185. The summed E-state index contributed by atoms with van der Waals surface area (Å²) in [6, 6.07) is 22.0. The number of imide groups is 1. The van der Waals surface area contributed by atoms with Gasteiger partial charge in [-0.15, -0.1) is 0 Å². The zero-order chi connectivity index (χ0) is 24.1. The molecule has 1 aliphatic heterocycles. The first kappa shape index (κ1) is 23.9. The van der Waals surface area contributed by atoms with Gasteiger partial charge in [-0.25, -0.2) is 4.90 Å². The molecule has 0 bridgehead atoms. The van der Waals surface area contributed by atoms with E-state index >= 15 is 0 Å². The van der Waals surface area contributed by atoms with Gasteiger partial charge in [-0.3, -0.25) is 9.59 Å². The number of carbonyl (C=O) groups excluding carboxylic acids is 2. The lowest BCUT2D eigenvalue weighted by Crippen LogP contribution is -2.32. The molecule has 3 aromatic rings. The minimum Gasteiger partial charge on any atom is -0.497 e. The number of benzene rings is 3. The number of nitrogens with one attached hydrogen (secondary N) is 1. The van der Waals surface area contributed by atoms with E-state index in [9.17, 15) is 9.59 Å². The third kappa shape index (κ3) is 5.29. The third-order valence-corrected chi connectivity index (χ3v) is 6.79. The van der Waals surface area contributed by atoms with Crippen molar-refractivity contribution in [2.24, 2.45) is 0 Å². The van der Waals surface area contributed by atoms with Gasteiger partial charge < -0.3 is 10.1 Å². The van der Waals surface area contributed by atoms with Crippen LogP contribution in [-0.4, -0.2) is 18.9 Å². The number of ether oxygens (including phenoxy) is 1. The van der Waals surface area contributed by atoms with Crippen LogP contribution in [0.25, 0.3) is 0 Å². The molecule has 7 heteroatoms. The molecule has 0 saturated carbocycles. The van der Waals surface area contributed by atoms with Gasteiger partial charge in [-0.2, -0.15) is 0 Å². The molecule has 1 heterocycles. The van der Waals surface area contributed by atoms with Crippen LogP contribution >= 0.6 is 23.4 Å². The highest BCUT2D eigenvalue weighted by atomic mass is 35.5. The van der Waals surface area contributed by atoms with Crippen LogP contribution in [0.15, 0.2) is 88.3 Å². The number of thioether (sulfide) groups is 1. The molecule has 0 fully saturated rings. The Morgan fingerprint density at radius 2 is 1.59 bits per heavy atom. The molecule has 0 radical (unpaired) electrons. The van der Waals surface area contributed by atoms with Gasteiger partial charge in [0.05, 0.1) is 12.8 Å². The van der Waals surface area contributed by atoms with Gasteiger partial charge in [-0.1, -0.05) is 48.8 Å². The van der Waals surface area contributed by atoms with Gasteiger partial charge in [0, 0.05) is 15.6 Å². The summed E-state index contributed by atoms with van der Waals surface area (Å²) in [6.07, 6.45) is 3.18. The number of anilines is 2. The number of hydrogen-bond acceptors (Lipinski definition) is 5. The molecular weight excluding hydrogens is 468 g/mol. The quantitative estimate of drug-likeness (QED) is 0.337. The van der Waals surface area contributed by atoms with E-state index in [4.69, 9.17) is 16.3 Å². The highest BCUT2D eigenvalue weighted by Crippen LogP contribution is 2.38. The summed E-state index contributed by atoms with van der Waals surface area (Å²) < 4.78 is 5.21. The predicted molar refractivity (Wildman–Crippen MR) is 138 cm³/mol. The van der Waals surface area contributed by atoms with Gasteiger partial charge in [-0.05, 0) is 79.1 Å². The molecule has 174 valence electrons. The number of amides is 2. The highest BCUT2D eigenvalue weighted by Gasteiger charge is 2.40. The van der Waals surface area contributed by atoms with Crippen LogP contribution in [0.2, 0.25) is 5.02 Å². The van der Waals surface area contributed by atoms with E-state index in [1.54, 1.807) is 43.5 Å². The number of nitrogens with zero attached hydrogens (tertiary/aromatic N) is 1. The van der Waals surface area contributed by atoms with Gasteiger partial charge in [0.15, 0.2) is 0 Å². The summed E-state index contributed by atoms with van der Waals surface area (Å²) in [5, 5.41) is 3.76. The number of halogens is 1. The maximum absolute atomic E-state index is 13.5. The van der Waals surface area contributed by atoms with E-state index in [1.165, 1.54) is 22.2 Å². The Morgan fingerprint density at radius 3 is 2.21 bits per heavy atom. The second-order valence-corrected chi connectivity index (χ2v) is 9.35. The lowest BCUT2D eigenvalue weighted by molar-refractivity contribution is -0.120. The van der Waals surface area contributed by atoms with Crippen LogP contribution < -0.4 is 15.0 Å². The first-order valence-electron chi connectivity index (χ1n) is 11.1. The lowest BCUT2D eigenvalue weighted by atomic mass is 10.1. The summed E-state index contributed by atoms with van der Waals surface area (Å²) in [5.41, 5.74) is 2.66. The fourth-order valence-corrected chi connectivity index (χ4v) is 4.63. The molecule has 0 atom stereocenters. The normalized spacial score (nSPS) is 13.6. The SMILES string of the molecule is CCCCc1ccc(N2C(=O)C(Nc3ccc(OC)cc3)=C(Sc3ccc(Cl)cc3)C2=O)cc1. The van der Waals surface area contributed by atoms with Crippen LogP contribution in [0.5, 0.6) is 5.75 Å². The van der Waals surface area contributed by atoms with Crippen LogP contribution in [0.4, 0.5) is 11.4 Å². The van der Waals surface area contributed by atoms with Gasteiger partial charge in [0.25, 0.3) is 11.8 Å². The van der Waals surface area contributed by atoms with Crippen LogP contribution in [-0.2, 0) is 16.0 Å². The molecule has 34 heavy (non-hydrogen) atoms. The van der Waals surface area contributed by atoms with Crippen molar-refractivity contribution >= 4 is 46.6 Å². The fourth-order valence-electron chi connectivity index (χ4n) is 3.58. The van der Waals surface area contributed by atoms with Crippen molar-refractivity contribution in [2.75, 3.05) is 17.3 Å². The lowest BCUT2D eigenvalue weighted by Gasteiger charge is -2.16. The predicted octanol–water partition coefficient (Wildman–Crippen LogP) is 6.68. The van der Waals surface area contributed by atoms with Crippen molar-refractivity contribution in [1.29, 1.82) is 0 Å². The Kier molecular flexibility index (Phi) is 7.60. The zero-order valence-corrected chi connectivity index (χ0v) is 20.6. The maximum Gasteiger partial charge on any atom is 0.283 e. The number of hydrogen-bond donors (Lipinski definition) is 1. The van der Waals surface area contributed by atoms with Gasteiger partial charge in [0.2, 0.25) is 0 Å². The van der Waals surface area contributed by atoms with Crippen molar-refractivity contribution < 1.29 is 14.3 Å². The minimum atomic E-state index is -0.390. The summed E-state index contributed by atoms with van der Waals surface area (Å²) in [5.74, 6) is -0.0465. The Labute approximate surface area is 208 Å². The summed E-state index contributed by atoms with van der Waals surface area (Å²) in [7, 11) is 1.59. The monoisotopic (exact) mass is 492 g/mol. The number of unbranched alkanes of at least 4 members (excludes halogenated alkanes) is 1. The van der Waals surface area contributed by atoms with E-state index in [2.05, 4.69) is 12.2 Å². The molecule has 1 aliphatic rings. The van der Waals surface area contributed by atoms with Crippen molar-refractivity contribution in [2.45, 2.75) is 31.1 Å². The van der Waals surface area contributed by atoms with Gasteiger partial charge in [0.1, 0.15) is 16.4 Å². The Balaban J connectivity index is 1.66. The summed E-state index contributed by atoms with van der Waals surface area (Å²) in [4.78, 5) is 29.3. The van der Waals surface area contributed by atoms with E-state index in [1.807, 2.05) is 36.4 Å². The molecule has 5 nitrogen and oxygen atoms in total. The third-order valence-electron chi connectivity index (χ3n) is 5.45. The molecule has 1 N–H and O–H groups in total. The second kappa shape index (κ2) is 10.8. The molecule has 4 rings (SSSR count). The van der Waals surface area contributed by atoms with Crippen molar-refractivity contribution in [1.82, 2.24) is 0 Å². The Morgan fingerprint density at radius 1 is 0.912 bits per heavy atom. The topological polar surface area (TPSA) is 58.6 Å². The number of aryl methyl sites for hydroxylation is 1.